The Hall–Kier alpha value is -0.870. The van der Waals surface area contributed by atoms with E-state index in [1.807, 2.05) is 12.1 Å². The van der Waals surface area contributed by atoms with E-state index in [0.29, 0.717) is 0 Å². The molecule has 96 valence electrons. The first-order valence-corrected chi connectivity index (χ1v) is 7.32. The summed E-state index contributed by atoms with van der Waals surface area (Å²) in [4.78, 5) is 7.16. The van der Waals surface area contributed by atoms with Crippen molar-refractivity contribution in [2.45, 2.75) is 19.3 Å². The zero-order valence-electron chi connectivity index (χ0n) is 10.6. The molecule has 3 heterocycles. The molecule has 1 aliphatic rings. The Morgan fingerprint density at radius 2 is 2.39 bits per heavy atom. The van der Waals surface area contributed by atoms with Gasteiger partial charge in [0.2, 0.25) is 0 Å². The van der Waals surface area contributed by atoms with Crippen LogP contribution in [0.1, 0.15) is 18.5 Å². The fourth-order valence-corrected chi connectivity index (χ4v) is 3.31. The van der Waals surface area contributed by atoms with Crippen LogP contribution in [0, 0.1) is 5.92 Å². The molecule has 0 saturated carbocycles. The molecule has 2 aromatic heterocycles. The van der Waals surface area contributed by atoms with Crippen molar-refractivity contribution in [3.05, 3.63) is 34.7 Å². The first kappa shape index (κ1) is 12.2. The molecule has 1 saturated heterocycles. The summed E-state index contributed by atoms with van der Waals surface area (Å²) in [5.74, 6) is 0.757. The second-order valence-corrected chi connectivity index (χ2v) is 6.15. The van der Waals surface area contributed by atoms with Gasteiger partial charge >= 0.3 is 0 Å². The second-order valence-electron chi connectivity index (χ2n) is 5.29. The number of imidazole rings is 1. The third-order valence-corrected chi connectivity index (χ3v) is 4.32. The smallest absolute Gasteiger partial charge is 0.151 e. The van der Waals surface area contributed by atoms with Gasteiger partial charge in [-0.2, -0.15) is 0 Å². The molecule has 3 nitrogen and oxygen atoms in total. The van der Waals surface area contributed by atoms with Crippen LogP contribution >= 0.6 is 15.9 Å². The minimum absolute atomic E-state index is 0.757. The van der Waals surface area contributed by atoms with Crippen molar-refractivity contribution < 1.29 is 0 Å². The molecule has 18 heavy (non-hydrogen) atoms. The van der Waals surface area contributed by atoms with Crippen LogP contribution in [0.2, 0.25) is 0 Å². The monoisotopic (exact) mass is 307 g/mol. The Labute approximate surface area is 116 Å². The molecular weight excluding hydrogens is 290 g/mol. The van der Waals surface area contributed by atoms with Crippen LogP contribution in [-0.2, 0) is 6.42 Å². The number of piperidine rings is 1. The van der Waals surface area contributed by atoms with Crippen LogP contribution in [-0.4, -0.2) is 34.4 Å². The number of aromatic nitrogens is 2. The van der Waals surface area contributed by atoms with Gasteiger partial charge in [0.15, 0.2) is 5.65 Å². The largest absolute Gasteiger partial charge is 0.306 e. The maximum Gasteiger partial charge on any atom is 0.151 e. The van der Waals surface area contributed by atoms with Crippen molar-refractivity contribution in [1.29, 1.82) is 0 Å². The summed E-state index contributed by atoms with van der Waals surface area (Å²) >= 11 is 3.55. The summed E-state index contributed by atoms with van der Waals surface area (Å²) in [5.41, 5.74) is 2.24. The summed E-state index contributed by atoms with van der Waals surface area (Å²) in [6.45, 7) is 2.45. The molecular formula is C14H18BrN3. The Bertz CT molecular complexity index is 549. The number of hydrogen-bond acceptors (Lipinski definition) is 2. The van der Waals surface area contributed by atoms with E-state index < -0.39 is 0 Å². The number of pyridine rings is 1. The number of fused-ring (bicyclic) bond motifs is 1. The number of hydrogen-bond donors (Lipinski definition) is 0. The van der Waals surface area contributed by atoms with Crippen LogP contribution in [0.4, 0.5) is 0 Å². The number of halogens is 1. The van der Waals surface area contributed by atoms with Crippen molar-refractivity contribution in [2.24, 2.45) is 5.92 Å². The molecule has 0 aliphatic carbocycles. The highest BCUT2D eigenvalue weighted by atomic mass is 79.9. The maximum absolute atomic E-state index is 4.73. The average Bonchev–Trinajstić information content (AvgIpc) is 2.73. The Morgan fingerprint density at radius 3 is 3.17 bits per heavy atom. The molecule has 0 radical (unpaired) electrons. The molecule has 1 atom stereocenters. The van der Waals surface area contributed by atoms with E-state index >= 15 is 0 Å². The summed E-state index contributed by atoms with van der Waals surface area (Å²) in [5, 5.41) is 0. The van der Waals surface area contributed by atoms with E-state index in [-0.39, 0.29) is 0 Å². The highest BCUT2D eigenvalue weighted by Gasteiger charge is 2.18. The zero-order chi connectivity index (χ0) is 12.5. The highest BCUT2D eigenvalue weighted by molar-refractivity contribution is 9.10. The fraction of sp³-hybridized carbons (Fsp3) is 0.500. The lowest BCUT2D eigenvalue weighted by atomic mass is 9.94. The van der Waals surface area contributed by atoms with Crippen LogP contribution in [0.15, 0.2) is 29.0 Å². The summed E-state index contributed by atoms with van der Waals surface area (Å²) in [6.07, 6.45) is 7.97. The van der Waals surface area contributed by atoms with Gasteiger partial charge in [0.1, 0.15) is 0 Å². The van der Waals surface area contributed by atoms with Gasteiger partial charge in [0.25, 0.3) is 0 Å². The maximum atomic E-state index is 4.73. The molecule has 0 spiro atoms. The lowest BCUT2D eigenvalue weighted by Crippen LogP contribution is -2.33. The predicted octanol–water partition coefficient (Wildman–Crippen LogP) is 2.98. The van der Waals surface area contributed by atoms with E-state index in [2.05, 4.69) is 44.7 Å². The molecule has 0 N–H and O–H groups in total. The predicted molar refractivity (Wildman–Crippen MR) is 76.8 cm³/mol. The minimum Gasteiger partial charge on any atom is -0.306 e. The van der Waals surface area contributed by atoms with Crippen LogP contribution in [0.5, 0.6) is 0 Å². The Balaban J connectivity index is 1.80. The number of rotatable bonds is 2. The minimum atomic E-state index is 0.757. The number of likely N-dealkylation sites (tertiary alicyclic amines) is 1. The molecule has 4 heteroatoms. The second kappa shape index (κ2) is 5.02. The summed E-state index contributed by atoms with van der Waals surface area (Å²) in [7, 11) is 2.21. The van der Waals surface area contributed by atoms with E-state index in [4.69, 9.17) is 4.98 Å². The van der Waals surface area contributed by atoms with Gasteiger partial charge in [-0.25, -0.2) is 4.98 Å². The molecule has 0 amide bonds. The quantitative estimate of drug-likeness (QED) is 0.850. The van der Waals surface area contributed by atoms with Gasteiger partial charge in [-0.3, -0.25) is 0 Å². The Kier molecular flexibility index (Phi) is 3.39. The Morgan fingerprint density at radius 1 is 1.50 bits per heavy atom. The summed E-state index contributed by atoms with van der Waals surface area (Å²) in [6, 6.07) is 4.08. The number of nitrogens with zero attached hydrogens (tertiary/aromatic N) is 3. The van der Waals surface area contributed by atoms with Crippen molar-refractivity contribution in [2.75, 3.05) is 20.1 Å². The van der Waals surface area contributed by atoms with Gasteiger partial charge < -0.3 is 9.30 Å². The van der Waals surface area contributed by atoms with E-state index in [1.165, 1.54) is 31.6 Å². The lowest BCUT2D eigenvalue weighted by molar-refractivity contribution is 0.208. The molecule has 3 rings (SSSR count). The standard InChI is InChI=1S/C14H18BrN3/c1-17-6-2-4-11(9-17)8-12-10-18-7-3-5-13(15)14(18)16-12/h3,5,7,10-11H,2,4,6,8-9H2,1H3. The molecule has 1 unspecified atom stereocenters. The van der Waals surface area contributed by atoms with Crippen molar-refractivity contribution >= 4 is 21.6 Å². The molecule has 0 aromatic carbocycles. The SMILES string of the molecule is CN1CCCC(Cc2cn3cccc(Br)c3n2)C1. The van der Waals surface area contributed by atoms with Gasteiger partial charge in [-0.15, -0.1) is 0 Å². The van der Waals surface area contributed by atoms with Gasteiger partial charge in [-0.1, -0.05) is 0 Å². The highest BCUT2D eigenvalue weighted by Crippen LogP contribution is 2.22. The fourth-order valence-electron chi connectivity index (χ4n) is 2.86. The van der Waals surface area contributed by atoms with Crippen LogP contribution in [0.3, 0.4) is 0 Å². The van der Waals surface area contributed by atoms with Crippen molar-refractivity contribution in [1.82, 2.24) is 14.3 Å². The third-order valence-electron chi connectivity index (χ3n) is 3.70. The summed E-state index contributed by atoms with van der Waals surface area (Å²) < 4.78 is 3.17. The molecule has 0 bridgehead atoms. The molecule has 1 aliphatic heterocycles. The zero-order valence-corrected chi connectivity index (χ0v) is 12.2. The first-order chi connectivity index (χ1) is 8.72. The molecule has 1 fully saturated rings. The lowest BCUT2D eigenvalue weighted by Gasteiger charge is -2.29. The average molecular weight is 308 g/mol. The third kappa shape index (κ3) is 2.45. The van der Waals surface area contributed by atoms with Gasteiger partial charge in [-0.05, 0) is 66.8 Å². The first-order valence-electron chi connectivity index (χ1n) is 6.53. The molecule has 2 aromatic rings. The van der Waals surface area contributed by atoms with E-state index in [0.717, 1.165) is 22.5 Å². The topological polar surface area (TPSA) is 20.5 Å². The van der Waals surface area contributed by atoms with Gasteiger partial charge in [0, 0.05) is 18.9 Å². The van der Waals surface area contributed by atoms with Crippen molar-refractivity contribution in [3.63, 3.8) is 0 Å². The van der Waals surface area contributed by atoms with Gasteiger partial charge in [0.05, 0.1) is 10.2 Å². The van der Waals surface area contributed by atoms with Crippen LogP contribution in [0.25, 0.3) is 5.65 Å². The van der Waals surface area contributed by atoms with Crippen LogP contribution < -0.4 is 0 Å². The van der Waals surface area contributed by atoms with E-state index in [1.54, 1.807) is 0 Å². The van der Waals surface area contributed by atoms with Crippen molar-refractivity contribution in [3.8, 4) is 0 Å². The van der Waals surface area contributed by atoms with E-state index in [9.17, 15) is 0 Å². The normalized spacial score (nSPS) is 21.6.